The molecule has 1 aliphatic carbocycles. The maximum absolute atomic E-state index is 5.77. The molecule has 0 amide bonds. The van der Waals surface area contributed by atoms with Gasteiger partial charge in [0.2, 0.25) is 0 Å². The zero-order valence-corrected chi connectivity index (χ0v) is 6.68. The van der Waals surface area contributed by atoms with Gasteiger partial charge in [0.05, 0.1) is 6.61 Å². The highest BCUT2D eigenvalue weighted by Gasteiger charge is 2.19. The van der Waals surface area contributed by atoms with Crippen LogP contribution in [0.25, 0.3) is 0 Å². The van der Waals surface area contributed by atoms with E-state index < -0.39 is 0 Å². The second-order valence-electron chi connectivity index (χ2n) is 3.25. The van der Waals surface area contributed by atoms with Crippen molar-refractivity contribution in [1.29, 1.82) is 0 Å². The van der Waals surface area contributed by atoms with Crippen molar-refractivity contribution in [3.8, 4) is 0 Å². The van der Waals surface area contributed by atoms with Crippen molar-refractivity contribution in [2.75, 3.05) is 13.7 Å². The molecule has 0 spiro atoms. The fraction of sp³-hybridized carbons (Fsp3) is 1.00. The van der Waals surface area contributed by atoms with Crippen LogP contribution in [0.3, 0.4) is 0 Å². The Labute approximate surface area is 62.7 Å². The van der Waals surface area contributed by atoms with Crippen LogP contribution in [0.15, 0.2) is 0 Å². The molecule has 1 saturated carbocycles. The van der Waals surface area contributed by atoms with Crippen molar-refractivity contribution in [3.63, 3.8) is 0 Å². The van der Waals surface area contributed by atoms with Crippen molar-refractivity contribution >= 4 is 0 Å². The van der Waals surface area contributed by atoms with Crippen molar-refractivity contribution in [3.05, 3.63) is 0 Å². The van der Waals surface area contributed by atoms with E-state index in [0.29, 0.717) is 0 Å². The molecule has 0 heterocycles. The van der Waals surface area contributed by atoms with Gasteiger partial charge >= 0.3 is 0 Å². The smallest absolute Gasteiger partial charge is 0.0613 e. The van der Waals surface area contributed by atoms with E-state index >= 15 is 0 Å². The lowest BCUT2D eigenvalue weighted by Crippen LogP contribution is -2.30. The predicted octanol–water partition coefficient (Wildman–Crippen LogP) is 1.15. The van der Waals surface area contributed by atoms with Gasteiger partial charge in [-0.25, -0.2) is 0 Å². The zero-order chi connectivity index (χ0) is 7.40. The maximum atomic E-state index is 5.77. The summed E-state index contributed by atoms with van der Waals surface area (Å²) in [5, 5.41) is 0. The van der Waals surface area contributed by atoms with Crippen LogP contribution in [0.5, 0.6) is 0 Å². The Morgan fingerprint density at radius 1 is 1.60 bits per heavy atom. The second-order valence-corrected chi connectivity index (χ2v) is 3.25. The summed E-state index contributed by atoms with van der Waals surface area (Å²) in [5.74, 6) is 0.908. The molecule has 10 heavy (non-hydrogen) atoms. The molecule has 1 fully saturated rings. The van der Waals surface area contributed by atoms with Crippen molar-refractivity contribution in [1.82, 2.24) is 0 Å². The number of nitrogens with two attached hydrogens (primary N) is 1. The lowest BCUT2D eigenvalue weighted by atomic mass is 9.81. The van der Waals surface area contributed by atoms with Crippen LogP contribution in [-0.2, 0) is 4.74 Å². The first-order chi connectivity index (χ1) is 4.83. The molecule has 0 aromatic heterocycles. The lowest BCUT2D eigenvalue weighted by Gasteiger charge is -2.27. The van der Waals surface area contributed by atoms with Gasteiger partial charge in [-0.15, -0.1) is 0 Å². The van der Waals surface area contributed by atoms with Gasteiger partial charge in [0, 0.05) is 13.2 Å². The monoisotopic (exact) mass is 143 g/mol. The minimum Gasteiger partial charge on any atom is -0.383 e. The van der Waals surface area contributed by atoms with E-state index in [9.17, 15) is 0 Å². The first-order valence-corrected chi connectivity index (χ1v) is 4.07. The minimum absolute atomic E-state index is 0.273. The SMILES string of the molecule is COC[C@@H](N)CC1CCC1. The number of hydrogen-bond donors (Lipinski definition) is 1. The summed E-state index contributed by atoms with van der Waals surface area (Å²) in [4.78, 5) is 0. The van der Waals surface area contributed by atoms with Crippen molar-refractivity contribution in [2.45, 2.75) is 31.7 Å². The molecular formula is C8H17NO. The first-order valence-electron chi connectivity index (χ1n) is 4.07. The van der Waals surface area contributed by atoms with E-state index in [1.54, 1.807) is 7.11 Å². The van der Waals surface area contributed by atoms with Gasteiger partial charge in [0.1, 0.15) is 0 Å². The van der Waals surface area contributed by atoms with Gasteiger partial charge in [-0.1, -0.05) is 19.3 Å². The normalized spacial score (nSPS) is 22.2. The van der Waals surface area contributed by atoms with Gasteiger partial charge < -0.3 is 10.5 Å². The topological polar surface area (TPSA) is 35.2 Å². The number of hydrogen-bond acceptors (Lipinski definition) is 2. The Balaban J connectivity index is 1.99. The van der Waals surface area contributed by atoms with Gasteiger partial charge in [-0.05, 0) is 12.3 Å². The Kier molecular flexibility index (Phi) is 3.16. The molecule has 60 valence electrons. The third-order valence-corrected chi connectivity index (χ3v) is 2.24. The molecule has 0 saturated heterocycles. The minimum atomic E-state index is 0.273. The molecule has 1 aliphatic rings. The van der Waals surface area contributed by atoms with Crippen LogP contribution in [0.1, 0.15) is 25.7 Å². The molecule has 0 aromatic carbocycles. The standard InChI is InChI=1S/C8H17NO/c1-10-6-8(9)5-7-3-2-4-7/h7-8H,2-6,9H2,1H3/t8-/m0/s1. The summed E-state index contributed by atoms with van der Waals surface area (Å²) in [6.07, 6.45) is 5.34. The fourth-order valence-electron chi connectivity index (χ4n) is 1.44. The average molecular weight is 143 g/mol. The van der Waals surface area contributed by atoms with Crippen LogP contribution in [0, 0.1) is 5.92 Å². The van der Waals surface area contributed by atoms with Gasteiger partial charge in [0.25, 0.3) is 0 Å². The predicted molar refractivity (Wildman–Crippen MR) is 41.8 cm³/mol. The van der Waals surface area contributed by atoms with Crippen LogP contribution in [0.4, 0.5) is 0 Å². The van der Waals surface area contributed by atoms with E-state index in [4.69, 9.17) is 10.5 Å². The van der Waals surface area contributed by atoms with E-state index in [-0.39, 0.29) is 6.04 Å². The summed E-state index contributed by atoms with van der Waals surface area (Å²) in [6, 6.07) is 0.273. The average Bonchev–Trinajstić information content (AvgIpc) is 1.80. The highest BCUT2D eigenvalue weighted by molar-refractivity contribution is 4.74. The molecule has 0 radical (unpaired) electrons. The number of rotatable bonds is 4. The molecule has 2 N–H and O–H groups in total. The number of ether oxygens (including phenoxy) is 1. The zero-order valence-electron chi connectivity index (χ0n) is 6.68. The Morgan fingerprint density at radius 2 is 2.30 bits per heavy atom. The van der Waals surface area contributed by atoms with Gasteiger partial charge in [0.15, 0.2) is 0 Å². The molecule has 0 bridgehead atoms. The first kappa shape index (κ1) is 8.02. The molecule has 1 atom stereocenters. The third-order valence-electron chi connectivity index (χ3n) is 2.24. The summed E-state index contributed by atoms with van der Waals surface area (Å²) < 4.78 is 4.95. The highest BCUT2D eigenvalue weighted by atomic mass is 16.5. The Hall–Kier alpha value is -0.0800. The highest BCUT2D eigenvalue weighted by Crippen LogP contribution is 2.29. The molecular weight excluding hydrogens is 126 g/mol. The molecule has 2 nitrogen and oxygen atoms in total. The largest absolute Gasteiger partial charge is 0.383 e. The summed E-state index contributed by atoms with van der Waals surface area (Å²) in [6.45, 7) is 0.719. The third kappa shape index (κ3) is 2.27. The molecule has 0 unspecified atom stereocenters. The molecule has 1 rings (SSSR count). The number of methoxy groups -OCH3 is 1. The van der Waals surface area contributed by atoms with Crippen LogP contribution in [0.2, 0.25) is 0 Å². The summed E-state index contributed by atoms with van der Waals surface area (Å²) in [7, 11) is 1.71. The maximum Gasteiger partial charge on any atom is 0.0613 e. The Bertz CT molecular complexity index is 91.3. The lowest BCUT2D eigenvalue weighted by molar-refractivity contribution is 0.157. The van der Waals surface area contributed by atoms with Crippen molar-refractivity contribution in [2.24, 2.45) is 11.7 Å². The summed E-state index contributed by atoms with van der Waals surface area (Å²) >= 11 is 0. The van der Waals surface area contributed by atoms with Gasteiger partial charge in [-0.2, -0.15) is 0 Å². The molecule has 0 aliphatic heterocycles. The second kappa shape index (κ2) is 3.94. The van der Waals surface area contributed by atoms with Gasteiger partial charge in [-0.3, -0.25) is 0 Å². The quantitative estimate of drug-likeness (QED) is 0.640. The van der Waals surface area contributed by atoms with Crippen LogP contribution < -0.4 is 5.73 Å². The van der Waals surface area contributed by atoms with E-state index in [1.165, 1.54) is 19.3 Å². The Morgan fingerprint density at radius 3 is 2.70 bits per heavy atom. The van der Waals surface area contributed by atoms with Crippen LogP contribution in [-0.4, -0.2) is 19.8 Å². The van der Waals surface area contributed by atoms with E-state index in [1.807, 2.05) is 0 Å². The molecule has 0 aromatic rings. The molecule has 2 heteroatoms. The summed E-state index contributed by atoms with van der Waals surface area (Å²) in [5.41, 5.74) is 5.77. The van der Waals surface area contributed by atoms with E-state index in [2.05, 4.69) is 0 Å². The van der Waals surface area contributed by atoms with Crippen LogP contribution >= 0.6 is 0 Å². The van der Waals surface area contributed by atoms with E-state index in [0.717, 1.165) is 18.9 Å². The fourth-order valence-corrected chi connectivity index (χ4v) is 1.44. The van der Waals surface area contributed by atoms with Crippen molar-refractivity contribution < 1.29 is 4.74 Å².